The molecule has 2 aromatic carbocycles. The number of unbranched alkanes of at least 4 members (excludes halogenated alkanes) is 1. The van der Waals surface area contributed by atoms with Crippen molar-refractivity contribution in [1.82, 2.24) is 4.31 Å². The van der Waals surface area contributed by atoms with Crippen molar-refractivity contribution in [2.45, 2.75) is 48.9 Å². The maximum atomic E-state index is 13.7. The number of rotatable bonds is 9. The number of likely N-dealkylation sites (N-methyl/N-ethyl adjacent to an activating group) is 1. The van der Waals surface area contributed by atoms with E-state index in [-0.39, 0.29) is 22.5 Å². The van der Waals surface area contributed by atoms with Crippen LogP contribution in [0, 0.1) is 5.82 Å². The SMILES string of the molecule is CCCC[C@@H]1CN(c2ccc(F)cc2)c2cc(SCC)c(O/C=C/C(=O)O)cc2S(=O)(=O)N1C. The van der Waals surface area contributed by atoms with E-state index in [0.29, 0.717) is 35.0 Å². The molecule has 0 spiro atoms. The van der Waals surface area contributed by atoms with Crippen LogP contribution in [0.4, 0.5) is 15.8 Å². The Labute approximate surface area is 204 Å². The highest BCUT2D eigenvalue weighted by Crippen LogP contribution is 2.44. The lowest BCUT2D eigenvalue weighted by Crippen LogP contribution is -2.40. The highest BCUT2D eigenvalue weighted by Gasteiger charge is 2.37. The second kappa shape index (κ2) is 11.2. The number of benzene rings is 2. The minimum absolute atomic E-state index is 0.0532. The van der Waals surface area contributed by atoms with Crippen molar-refractivity contribution in [3.63, 3.8) is 0 Å². The number of carbonyl (C=O) groups is 1. The predicted molar refractivity (Wildman–Crippen MR) is 132 cm³/mol. The lowest BCUT2D eigenvalue weighted by Gasteiger charge is -2.29. The Bertz CT molecular complexity index is 1150. The van der Waals surface area contributed by atoms with Crippen molar-refractivity contribution in [2.24, 2.45) is 0 Å². The van der Waals surface area contributed by atoms with Gasteiger partial charge < -0.3 is 14.7 Å². The van der Waals surface area contributed by atoms with Crippen molar-refractivity contribution in [1.29, 1.82) is 0 Å². The molecule has 10 heteroatoms. The summed E-state index contributed by atoms with van der Waals surface area (Å²) in [6, 6.07) is 8.90. The van der Waals surface area contributed by atoms with E-state index in [1.807, 2.05) is 11.8 Å². The van der Waals surface area contributed by atoms with E-state index in [9.17, 15) is 17.6 Å². The molecule has 1 aliphatic rings. The standard InChI is InChI=1S/C24H29FN2O5S2/c1-4-6-7-19-16-27(18-10-8-17(25)9-11-18)20-14-22(33-5-2)21(32-13-12-24(28)29)15-23(20)34(30,31)26(19)3/h8-15,19H,4-7,16H2,1-3H3,(H,28,29)/b13-12+/t19-/m1/s1. The van der Waals surface area contributed by atoms with Crippen LogP contribution in [-0.2, 0) is 14.8 Å². The first-order valence-corrected chi connectivity index (χ1v) is 13.5. The third-order valence-electron chi connectivity index (χ3n) is 5.62. The lowest BCUT2D eigenvalue weighted by atomic mass is 10.1. The predicted octanol–water partition coefficient (Wildman–Crippen LogP) is 5.25. The van der Waals surface area contributed by atoms with Gasteiger partial charge in [0.2, 0.25) is 10.0 Å². The number of sulfonamides is 1. The molecule has 0 fully saturated rings. The fourth-order valence-electron chi connectivity index (χ4n) is 3.83. The number of thioether (sulfide) groups is 1. The summed E-state index contributed by atoms with van der Waals surface area (Å²) in [6.45, 7) is 4.42. The number of halogens is 1. The lowest BCUT2D eigenvalue weighted by molar-refractivity contribution is -0.131. The Balaban J connectivity index is 2.22. The molecule has 0 saturated carbocycles. The van der Waals surface area contributed by atoms with Crippen molar-refractivity contribution in [2.75, 3.05) is 24.2 Å². The molecule has 7 nitrogen and oxygen atoms in total. The Morgan fingerprint density at radius 2 is 1.97 bits per heavy atom. The van der Waals surface area contributed by atoms with Gasteiger partial charge in [-0.05, 0) is 42.5 Å². The summed E-state index contributed by atoms with van der Waals surface area (Å²) < 4.78 is 48.0. The average Bonchev–Trinajstić information content (AvgIpc) is 2.87. The zero-order valence-electron chi connectivity index (χ0n) is 19.4. The molecule has 0 aromatic heterocycles. The van der Waals surface area contributed by atoms with Gasteiger partial charge in [-0.25, -0.2) is 17.6 Å². The highest BCUT2D eigenvalue weighted by molar-refractivity contribution is 7.99. The molecule has 1 atom stereocenters. The first kappa shape index (κ1) is 26.1. The van der Waals surface area contributed by atoms with Gasteiger partial charge in [0.05, 0.1) is 22.9 Å². The van der Waals surface area contributed by atoms with Crippen LogP contribution in [0.2, 0.25) is 0 Å². The van der Waals surface area contributed by atoms with Crippen LogP contribution in [0.3, 0.4) is 0 Å². The summed E-state index contributed by atoms with van der Waals surface area (Å²) in [5, 5.41) is 8.88. The Morgan fingerprint density at radius 1 is 1.26 bits per heavy atom. The monoisotopic (exact) mass is 508 g/mol. The number of hydrogen-bond donors (Lipinski definition) is 1. The van der Waals surface area contributed by atoms with Gasteiger partial charge in [-0.15, -0.1) is 11.8 Å². The quantitative estimate of drug-likeness (QED) is 0.281. The highest BCUT2D eigenvalue weighted by atomic mass is 32.2. The molecule has 34 heavy (non-hydrogen) atoms. The van der Waals surface area contributed by atoms with Crippen molar-refractivity contribution >= 4 is 39.1 Å². The molecule has 2 aromatic rings. The van der Waals surface area contributed by atoms with E-state index in [4.69, 9.17) is 9.84 Å². The van der Waals surface area contributed by atoms with E-state index in [1.54, 1.807) is 25.2 Å². The number of aliphatic carboxylic acids is 1. The summed E-state index contributed by atoms with van der Waals surface area (Å²) in [4.78, 5) is 13.5. The van der Waals surface area contributed by atoms with E-state index >= 15 is 0 Å². The number of hydrogen-bond acceptors (Lipinski definition) is 6. The molecule has 0 amide bonds. The maximum Gasteiger partial charge on any atom is 0.331 e. The van der Waals surface area contributed by atoms with Crippen LogP contribution in [0.15, 0.2) is 58.5 Å². The van der Waals surface area contributed by atoms with Crippen LogP contribution < -0.4 is 9.64 Å². The van der Waals surface area contributed by atoms with E-state index in [0.717, 1.165) is 25.2 Å². The minimum atomic E-state index is -3.89. The molecule has 0 aliphatic carbocycles. The molecule has 0 radical (unpaired) electrons. The fraction of sp³-hybridized carbons (Fsp3) is 0.375. The van der Waals surface area contributed by atoms with Crippen LogP contribution in [-0.4, -0.2) is 49.2 Å². The molecule has 1 N–H and O–H groups in total. The topological polar surface area (TPSA) is 87.1 Å². The summed E-state index contributed by atoms with van der Waals surface area (Å²) in [7, 11) is -2.32. The van der Waals surface area contributed by atoms with Gasteiger partial charge in [0.25, 0.3) is 0 Å². The van der Waals surface area contributed by atoms with Gasteiger partial charge in [0.15, 0.2) is 0 Å². The van der Waals surface area contributed by atoms with Crippen molar-refractivity contribution in [3.05, 3.63) is 54.6 Å². The third kappa shape index (κ3) is 5.73. The summed E-state index contributed by atoms with van der Waals surface area (Å²) in [5.74, 6) is -0.596. The first-order chi connectivity index (χ1) is 16.2. The summed E-state index contributed by atoms with van der Waals surface area (Å²) in [6.07, 6.45) is 4.35. The molecule has 0 saturated heterocycles. The molecular weight excluding hydrogens is 479 g/mol. The van der Waals surface area contributed by atoms with Crippen LogP contribution >= 0.6 is 11.8 Å². The Kier molecular flexibility index (Phi) is 8.62. The average molecular weight is 509 g/mol. The second-order valence-electron chi connectivity index (χ2n) is 7.86. The van der Waals surface area contributed by atoms with E-state index < -0.39 is 16.0 Å². The number of ether oxygens (including phenoxy) is 1. The number of carboxylic acid groups (broad SMARTS) is 1. The van der Waals surface area contributed by atoms with Crippen LogP contribution in [0.5, 0.6) is 5.75 Å². The second-order valence-corrected chi connectivity index (χ2v) is 11.1. The minimum Gasteiger partial charge on any atom is -0.478 e. The van der Waals surface area contributed by atoms with Gasteiger partial charge in [0.1, 0.15) is 16.5 Å². The largest absolute Gasteiger partial charge is 0.478 e. The van der Waals surface area contributed by atoms with Gasteiger partial charge >= 0.3 is 5.97 Å². The number of carboxylic acids is 1. The van der Waals surface area contributed by atoms with Gasteiger partial charge in [-0.1, -0.05) is 26.7 Å². The molecule has 0 bridgehead atoms. The van der Waals surface area contributed by atoms with Crippen molar-refractivity contribution in [3.8, 4) is 5.75 Å². The molecule has 3 rings (SSSR count). The van der Waals surface area contributed by atoms with Crippen molar-refractivity contribution < 1.29 is 27.4 Å². The molecule has 0 unspecified atom stereocenters. The van der Waals surface area contributed by atoms with Crippen LogP contribution in [0.1, 0.15) is 33.1 Å². The van der Waals surface area contributed by atoms with Gasteiger partial charge in [-0.2, -0.15) is 4.31 Å². The fourth-order valence-corrected chi connectivity index (χ4v) is 6.15. The molecule has 1 aliphatic heterocycles. The molecular formula is C24H29FN2O5S2. The zero-order chi connectivity index (χ0) is 24.9. The maximum absolute atomic E-state index is 13.7. The smallest absolute Gasteiger partial charge is 0.331 e. The number of nitrogens with zero attached hydrogens (tertiary/aromatic N) is 2. The van der Waals surface area contributed by atoms with E-state index in [2.05, 4.69) is 6.92 Å². The number of anilines is 2. The normalized spacial score (nSPS) is 18.0. The summed E-state index contributed by atoms with van der Waals surface area (Å²) in [5.41, 5.74) is 1.16. The third-order valence-corrected chi connectivity index (χ3v) is 8.47. The van der Waals surface area contributed by atoms with Gasteiger partial charge in [0, 0.05) is 31.4 Å². The molecule has 1 heterocycles. The van der Waals surface area contributed by atoms with Gasteiger partial charge in [-0.3, -0.25) is 0 Å². The van der Waals surface area contributed by atoms with Crippen LogP contribution in [0.25, 0.3) is 0 Å². The van der Waals surface area contributed by atoms with E-state index in [1.165, 1.54) is 34.3 Å². The number of fused-ring (bicyclic) bond motifs is 1. The first-order valence-electron chi connectivity index (χ1n) is 11.1. The Hall–Kier alpha value is -2.56. The molecule has 184 valence electrons. The zero-order valence-corrected chi connectivity index (χ0v) is 21.0. The summed E-state index contributed by atoms with van der Waals surface area (Å²) >= 11 is 1.45. The Morgan fingerprint density at radius 3 is 2.59 bits per heavy atom.